The van der Waals surface area contributed by atoms with Crippen LogP contribution in [0.2, 0.25) is 0 Å². The molecule has 9 heteroatoms. The Morgan fingerprint density at radius 3 is 2.36 bits per heavy atom. The van der Waals surface area contributed by atoms with E-state index in [4.69, 9.17) is 0 Å². The van der Waals surface area contributed by atoms with Gasteiger partial charge in [0.15, 0.2) is 5.13 Å². The Bertz CT molecular complexity index is 1050. The number of anilines is 2. The maximum absolute atomic E-state index is 12.3. The molecule has 3 aromatic rings. The van der Waals surface area contributed by atoms with Crippen molar-refractivity contribution in [3.05, 3.63) is 77.3 Å². The quantitative estimate of drug-likeness (QED) is 0.561. The summed E-state index contributed by atoms with van der Waals surface area (Å²) in [6.07, 6.45) is 3.30. The van der Waals surface area contributed by atoms with Crippen LogP contribution in [0, 0.1) is 0 Å². The Morgan fingerprint density at radius 2 is 1.75 bits per heavy atom. The van der Waals surface area contributed by atoms with Crippen molar-refractivity contribution in [1.82, 2.24) is 4.98 Å². The van der Waals surface area contributed by atoms with E-state index in [9.17, 15) is 13.2 Å². The number of benzene rings is 2. The standard InChI is InChI=1S/C19H17N3O3S2.ClH/c1-14(13-15-5-3-2-4-6-15)18(23)21-16-7-9-17(10-8-16)27(24,25)22-19-20-11-12-26-19;/h2-13H,1H3,(H,20,22)(H,21,23);1H/b14-13-;. The van der Waals surface area contributed by atoms with Gasteiger partial charge in [-0.05, 0) is 42.8 Å². The molecule has 0 unspecified atom stereocenters. The fourth-order valence-electron chi connectivity index (χ4n) is 2.26. The molecule has 0 fully saturated rings. The van der Waals surface area contributed by atoms with Crippen LogP contribution in [0.4, 0.5) is 10.8 Å². The van der Waals surface area contributed by atoms with Crippen LogP contribution in [0.15, 0.2) is 76.6 Å². The van der Waals surface area contributed by atoms with Crippen LogP contribution in [0.25, 0.3) is 6.08 Å². The lowest BCUT2D eigenvalue weighted by molar-refractivity contribution is -0.112. The van der Waals surface area contributed by atoms with Crippen LogP contribution in [0.1, 0.15) is 12.5 Å². The predicted molar refractivity (Wildman–Crippen MR) is 115 cm³/mol. The Balaban J connectivity index is 0.00000280. The minimum atomic E-state index is -3.71. The van der Waals surface area contributed by atoms with E-state index in [2.05, 4.69) is 15.0 Å². The number of carbonyl (C=O) groups is 1. The van der Waals surface area contributed by atoms with Crippen molar-refractivity contribution in [1.29, 1.82) is 0 Å². The monoisotopic (exact) mass is 435 g/mol. The first kappa shape index (κ1) is 21.6. The van der Waals surface area contributed by atoms with Gasteiger partial charge in [-0.1, -0.05) is 30.3 Å². The molecule has 0 atom stereocenters. The molecule has 2 N–H and O–H groups in total. The van der Waals surface area contributed by atoms with Gasteiger partial charge >= 0.3 is 0 Å². The minimum absolute atomic E-state index is 0. The van der Waals surface area contributed by atoms with E-state index in [-0.39, 0.29) is 23.2 Å². The molecule has 0 radical (unpaired) electrons. The van der Waals surface area contributed by atoms with E-state index in [1.165, 1.54) is 29.7 Å². The van der Waals surface area contributed by atoms with Gasteiger partial charge in [0.25, 0.3) is 15.9 Å². The Kier molecular flexibility index (Phi) is 7.33. The van der Waals surface area contributed by atoms with Crippen molar-refractivity contribution in [3.63, 3.8) is 0 Å². The van der Waals surface area contributed by atoms with Crippen LogP contribution in [0.5, 0.6) is 0 Å². The number of halogens is 1. The van der Waals surface area contributed by atoms with Crippen molar-refractivity contribution in [2.75, 3.05) is 10.0 Å². The topological polar surface area (TPSA) is 88.2 Å². The predicted octanol–water partition coefficient (Wildman–Crippen LogP) is 4.41. The Labute approximate surface area is 173 Å². The van der Waals surface area contributed by atoms with Crippen LogP contribution in [-0.2, 0) is 14.8 Å². The third-order valence-corrected chi connectivity index (χ3v) is 5.79. The van der Waals surface area contributed by atoms with Crippen LogP contribution in [0.3, 0.4) is 0 Å². The van der Waals surface area contributed by atoms with E-state index in [1.807, 2.05) is 30.3 Å². The van der Waals surface area contributed by atoms with E-state index in [1.54, 1.807) is 30.5 Å². The number of hydrogen-bond acceptors (Lipinski definition) is 5. The summed E-state index contributed by atoms with van der Waals surface area (Å²) in [6, 6.07) is 15.5. The first-order valence-electron chi connectivity index (χ1n) is 8.01. The van der Waals surface area contributed by atoms with E-state index in [0.29, 0.717) is 16.4 Å². The van der Waals surface area contributed by atoms with Gasteiger partial charge in [-0.3, -0.25) is 9.52 Å². The number of nitrogens with one attached hydrogen (secondary N) is 2. The molecule has 0 aliphatic rings. The Morgan fingerprint density at radius 1 is 1.07 bits per heavy atom. The Hall–Kier alpha value is -2.68. The lowest BCUT2D eigenvalue weighted by Crippen LogP contribution is -2.14. The van der Waals surface area contributed by atoms with Gasteiger partial charge in [0.1, 0.15) is 0 Å². The van der Waals surface area contributed by atoms with Gasteiger partial charge in [0, 0.05) is 22.8 Å². The molecule has 0 spiro atoms. The lowest BCUT2D eigenvalue weighted by atomic mass is 10.1. The lowest BCUT2D eigenvalue weighted by Gasteiger charge is -2.08. The van der Waals surface area contributed by atoms with Crippen molar-refractivity contribution < 1.29 is 13.2 Å². The summed E-state index contributed by atoms with van der Waals surface area (Å²) in [5.41, 5.74) is 1.98. The summed E-state index contributed by atoms with van der Waals surface area (Å²) in [5.74, 6) is -0.254. The van der Waals surface area contributed by atoms with Gasteiger partial charge in [-0.25, -0.2) is 13.4 Å². The summed E-state index contributed by atoms with van der Waals surface area (Å²) in [6.45, 7) is 1.72. The molecule has 0 aliphatic heterocycles. The van der Waals surface area contributed by atoms with Gasteiger partial charge in [0.05, 0.1) is 4.90 Å². The maximum Gasteiger partial charge on any atom is 0.263 e. The third-order valence-electron chi connectivity index (χ3n) is 3.62. The second kappa shape index (κ2) is 9.50. The summed E-state index contributed by atoms with van der Waals surface area (Å²) in [7, 11) is -3.71. The SMILES string of the molecule is C/C(=C/c1ccccc1)C(=O)Nc1ccc(S(=O)(=O)Nc2nccs2)cc1.Cl. The normalized spacial score (nSPS) is 11.4. The second-order valence-electron chi connectivity index (χ2n) is 5.66. The fourth-order valence-corrected chi connectivity index (χ4v) is 4.05. The first-order valence-corrected chi connectivity index (χ1v) is 10.4. The molecule has 0 saturated heterocycles. The molecule has 28 heavy (non-hydrogen) atoms. The van der Waals surface area contributed by atoms with Crippen molar-refractivity contribution in [2.45, 2.75) is 11.8 Å². The number of rotatable bonds is 6. The number of hydrogen-bond donors (Lipinski definition) is 2. The van der Waals surface area contributed by atoms with Crippen LogP contribution in [-0.4, -0.2) is 19.3 Å². The molecule has 3 rings (SSSR count). The molecule has 0 bridgehead atoms. The molecular weight excluding hydrogens is 418 g/mol. The number of carbonyl (C=O) groups excluding carboxylic acids is 1. The van der Waals surface area contributed by atoms with Crippen molar-refractivity contribution in [3.8, 4) is 0 Å². The maximum atomic E-state index is 12.3. The van der Waals surface area contributed by atoms with E-state index < -0.39 is 10.0 Å². The minimum Gasteiger partial charge on any atom is -0.322 e. The highest BCUT2D eigenvalue weighted by Crippen LogP contribution is 2.20. The molecule has 1 heterocycles. The first-order chi connectivity index (χ1) is 12.9. The zero-order valence-corrected chi connectivity index (χ0v) is 17.3. The summed E-state index contributed by atoms with van der Waals surface area (Å²) in [4.78, 5) is 16.3. The van der Waals surface area contributed by atoms with Gasteiger partial charge < -0.3 is 5.32 Å². The fraction of sp³-hybridized carbons (Fsp3) is 0.0526. The number of thiazole rings is 1. The summed E-state index contributed by atoms with van der Waals surface area (Å²) >= 11 is 1.20. The number of aromatic nitrogens is 1. The van der Waals surface area contributed by atoms with E-state index in [0.717, 1.165) is 5.56 Å². The zero-order chi connectivity index (χ0) is 19.3. The van der Waals surface area contributed by atoms with E-state index >= 15 is 0 Å². The molecular formula is C19H18ClN3O3S2. The highest BCUT2D eigenvalue weighted by atomic mass is 35.5. The second-order valence-corrected chi connectivity index (χ2v) is 8.24. The molecule has 0 aliphatic carbocycles. The van der Waals surface area contributed by atoms with Crippen molar-refractivity contribution in [2.24, 2.45) is 0 Å². The summed E-state index contributed by atoms with van der Waals surface area (Å²) < 4.78 is 27.0. The zero-order valence-electron chi connectivity index (χ0n) is 14.8. The molecule has 6 nitrogen and oxygen atoms in total. The number of nitrogens with zero attached hydrogens (tertiary/aromatic N) is 1. The number of sulfonamides is 1. The molecule has 1 amide bonds. The summed E-state index contributed by atoms with van der Waals surface area (Å²) in [5, 5.41) is 4.74. The van der Waals surface area contributed by atoms with Crippen LogP contribution < -0.4 is 10.0 Å². The molecule has 1 aromatic heterocycles. The highest BCUT2D eigenvalue weighted by Gasteiger charge is 2.15. The van der Waals surface area contributed by atoms with Gasteiger partial charge in [-0.15, -0.1) is 23.7 Å². The van der Waals surface area contributed by atoms with Crippen LogP contribution >= 0.6 is 23.7 Å². The third kappa shape index (κ3) is 5.66. The van der Waals surface area contributed by atoms with Gasteiger partial charge in [-0.2, -0.15) is 0 Å². The highest BCUT2D eigenvalue weighted by molar-refractivity contribution is 7.93. The van der Waals surface area contributed by atoms with Gasteiger partial charge in [0.2, 0.25) is 0 Å². The molecule has 0 saturated carbocycles. The average Bonchev–Trinajstić information content (AvgIpc) is 3.15. The largest absolute Gasteiger partial charge is 0.322 e. The molecule has 146 valence electrons. The van der Waals surface area contributed by atoms with Crippen molar-refractivity contribution >= 4 is 56.6 Å². The number of amides is 1. The molecule has 2 aromatic carbocycles. The smallest absolute Gasteiger partial charge is 0.263 e. The average molecular weight is 436 g/mol.